The van der Waals surface area contributed by atoms with Crippen LogP contribution in [0.2, 0.25) is 0 Å². The van der Waals surface area contributed by atoms with Crippen LogP contribution in [0.4, 0.5) is 0 Å². The van der Waals surface area contributed by atoms with Crippen LogP contribution in [0.3, 0.4) is 0 Å². The molecular formula is C17H32N4. The predicted octanol–water partition coefficient (Wildman–Crippen LogP) is 3.73. The van der Waals surface area contributed by atoms with E-state index in [4.69, 9.17) is 10.9 Å². The Balaban J connectivity index is 1.73. The molecule has 4 nitrogen and oxygen atoms in total. The molecule has 1 heterocycles. The highest BCUT2D eigenvalue weighted by Gasteiger charge is 2.18. The molecule has 0 aliphatic heterocycles. The summed E-state index contributed by atoms with van der Waals surface area (Å²) < 4.78 is 2.18. The first kappa shape index (κ1) is 16.5. The highest BCUT2D eigenvalue weighted by Crippen LogP contribution is 2.28. The van der Waals surface area contributed by atoms with Crippen LogP contribution in [0.5, 0.6) is 0 Å². The van der Waals surface area contributed by atoms with Gasteiger partial charge in [0.25, 0.3) is 0 Å². The number of aromatic nitrogens is 2. The van der Waals surface area contributed by atoms with Crippen LogP contribution in [-0.2, 0) is 6.42 Å². The van der Waals surface area contributed by atoms with E-state index in [-0.39, 0.29) is 0 Å². The lowest BCUT2D eigenvalue weighted by atomic mass is 10.0. The molecule has 1 saturated carbocycles. The first-order valence-corrected chi connectivity index (χ1v) is 8.83. The Kier molecular flexibility index (Phi) is 7.24. The summed E-state index contributed by atoms with van der Waals surface area (Å²) in [6.45, 7) is 2.25. The van der Waals surface area contributed by atoms with Crippen LogP contribution >= 0.6 is 0 Å². The van der Waals surface area contributed by atoms with Crippen LogP contribution in [0, 0.1) is 0 Å². The average Bonchev–Trinajstić information content (AvgIpc) is 3.16. The Labute approximate surface area is 129 Å². The van der Waals surface area contributed by atoms with Crippen molar-refractivity contribution in [2.24, 2.45) is 5.84 Å². The van der Waals surface area contributed by atoms with Gasteiger partial charge in [0.15, 0.2) is 0 Å². The number of hydrazine groups is 1. The minimum atomic E-state index is 0.360. The smallest absolute Gasteiger partial charge is 0.0640 e. The number of nitrogens with one attached hydrogen (secondary N) is 1. The molecule has 1 aromatic heterocycles. The maximum Gasteiger partial charge on any atom is 0.0640 e. The summed E-state index contributed by atoms with van der Waals surface area (Å²) in [6.07, 6.45) is 16.1. The van der Waals surface area contributed by atoms with E-state index in [9.17, 15) is 0 Å². The normalized spacial score (nSPS) is 17.4. The molecule has 1 aliphatic carbocycles. The molecule has 120 valence electrons. The van der Waals surface area contributed by atoms with Crippen LogP contribution < -0.4 is 11.3 Å². The summed E-state index contributed by atoms with van der Waals surface area (Å²) in [5, 5.41) is 4.76. The van der Waals surface area contributed by atoms with Crippen molar-refractivity contribution in [2.45, 2.75) is 89.6 Å². The van der Waals surface area contributed by atoms with Crippen LogP contribution in [0.25, 0.3) is 0 Å². The molecule has 0 radical (unpaired) electrons. The van der Waals surface area contributed by atoms with Gasteiger partial charge in [-0.2, -0.15) is 5.10 Å². The SMILES string of the molecule is CCCCCCCC(Cc1ccn(C2CCCC2)n1)NN. The number of hydrogen-bond acceptors (Lipinski definition) is 3. The fraction of sp³-hybridized carbons (Fsp3) is 0.824. The Hall–Kier alpha value is -0.870. The van der Waals surface area contributed by atoms with Crippen molar-refractivity contribution in [3.05, 3.63) is 18.0 Å². The number of unbranched alkanes of at least 4 members (excludes halogenated alkanes) is 4. The largest absolute Gasteiger partial charge is 0.271 e. The summed E-state index contributed by atoms with van der Waals surface area (Å²) in [4.78, 5) is 0. The summed E-state index contributed by atoms with van der Waals surface area (Å²) in [5.41, 5.74) is 4.15. The summed E-state index contributed by atoms with van der Waals surface area (Å²) in [6, 6.07) is 3.16. The van der Waals surface area contributed by atoms with Gasteiger partial charge in [0.05, 0.1) is 11.7 Å². The van der Waals surface area contributed by atoms with E-state index in [2.05, 4.69) is 29.3 Å². The van der Waals surface area contributed by atoms with E-state index in [0.29, 0.717) is 12.1 Å². The molecule has 1 fully saturated rings. The van der Waals surface area contributed by atoms with Gasteiger partial charge in [0.1, 0.15) is 0 Å². The zero-order chi connectivity index (χ0) is 14.9. The Morgan fingerprint density at radius 2 is 2.05 bits per heavy atom. The zero-order valence-electron chi connectivity index (χ0n) is 13.6. The van der Waals surface area contributed by atoms with Crippen molar-refractivity contribution in [1.82, 2.24) is 15.2 Å². The zero-order valence-corrected chi connectivity index (χ0v) is 13.6. The molecule has 1 aliphatic rings. The van der Waals surface area contributed by atoms with Crippen LogP contribution in [0.1, 0.15) is 82.9 Å². The third-order valence-electron chi connectivity index (χ3n) is 4.71. The highest BCUT2D eigenvalue weighted by atomic mass is 15.3. The fourth-order valence-electron chi connectivity index (χ4n) is 3.35. The monoisotopic (exact) mass is 292 g/mol. The lowest BCUT2D eigenvalue weighted by Gasteiger charge is -2.14. The lowest BCUT2D eigenvalue weighted by Crippen LogP contribution is -2.36. The van der Waals surface area contributed by atoms with E-state index in [1.54, 1.807) is 0 Å². The number of hydrogen-bond donors (Lipinski definition) is 2. The first-order valence-electron chi connectivity index (χ1n) is 8.83. The van der Waals surface area contributed by atoms with Gasteiger partial charge in [-0.3, -0.25) is 16.0 Å². The standard InChI is InChI=1S/C17H32N4/c1-2-3-4-5-6-9-15(19-18)14-16-12-13-21(20-16)17-10-7-8-11-17/h12-13,15,17,19H,2-11,14,18H2,1H3. The fourth-order valence-corrected chi connectivity index (χ4v) is 3.35. The maximum atomic E-state index is 5.71. The number of rotatable bonds is 10. The Morgan fingerprint density at radius 1 is 1.29 bits per heavy atom. The second-order valence-electron chi connectivity index (χ2n) is 6.50. The van der Waals surface area contributed by atoms with Gasteiger partial charge < -0.3 is 0 Å². The molecular weight excluding hydrogens is 260 g/mol. The third kappa shape index (κ3) is 5.44. The van der Waals surface area contributed by atoms with Crippen molar-refractivity contribution in [3.8, 4) is 0 Å². The minimum absolute atomic E-state index is 0.360. The van der Waals surface area contributed by atoms with E-state index >= 15 is 0 Å². The van der Waals surface area contributed by atoms with E-state index in [0.717, 1.165) is 12.8 Å². The van der Waals surface area contributed by atoms with E-state index < -0.39 is 0 Å². The minimum Gasteiger partial charge on any atom is -0.271 e. The van der Waals surface area contributed by atoms with Gasteiger partial charge in [0, 0.05) is 18.7 Å². The van der Waals surface area contributed by atoms with Crippen molar-refractivity contribution in [3.63, 3.8) is 0 Å². The molecule has 0 saturated heterocycles. The molecule has 21 heavy (non-hydrogen) atoms. The van der Waals surface area contributed by atoms with Gasteiger partial charge in [0.2, 0.25) is 0 Å². The van der Waals surface area contributed by atoms with Gasteiger partial charge in [-0.25, -0.2) is 0 Å². The second kappa shape index (κ2) is 9.21. The maximum absolute atomic E-state index is 5.71. The molecule has 0 aromatic carbocycles. The van der Waals surface area contributed by atoms with Crippen molar-refractivity contribution >= 4 is 0 Å². The molecule has 0 bridgehead atoms. The molecule has 1 unspecified atom stereocenters. The van der Waals surface area contributed by atoms with Gasteiger partial charge >= 0.3 is 0 Å². The van der Waals surface area contributed by atoms with Crippen molar-refractivity contribution in [1.29, 1.82) is 0 Å². The molecule has 2 rings (SSSR count). The quantitative estimate of drug-likeness (QED) is 0.392. The predicted molar refractivity (Wildman–Crippen MR) is 87.9 cm³/mol. The number of nitrogens with zero attached hydrogens (tertiary/aromatic N) is 2. The Morgan fingerprint density at radius 3 is 2.76 bits per heavy atom. The molecule has 4 heteroatoms. The van der Waals surface area contributed by atoms with E-state index in [1.165, 1.54) is 63.5 Å². The number of nitrogens with two attached hydrogens (primary N) is 1. The molecule has 0 amide bonds. The van der Waals surface area contributed by atoms with Crippen molar-refractivity contribution < 1.29 is 0 Å². The second-order valence-corrected chi connectivity index (χ2v) is 6.50. The van der Waals surface area contributed by atoms with Gasteiger partial charge in [-0.15, -0.1) is 0 Å². The third-order valence-corrected chi connectivity index (χ3v) is 4.71. The van der Waals surface area contributed by atoms with Gasteiger partial charge in [-0.1, -0.05) is 51.9 Å². The molecule has 1 aromatic rings. The van der Waals surface area contributed by atoms with Gasteiger partial charge in [-0.05, 0) is 25.3 Å². The highest BCUT2D eigenvalue weighted by molar-refractivity contribution is 5.02. The van der Waals surface area contributed by atoms with E-state index in [1.807, 2.05) is 0 Å². The van der Waals surface area contributed by atoms with Crippen LogP contribution in [0.15, 0.2) is 12.3 Å². The summed E-state index contributed by atoms with van der Waals surface area (Å²) >= 11 is 0. The first-order chi connectivity index (χ1) is 10.3. The molecule has 1 atom stereocenters. The Bertz CT molecular complexity index is 382. The summed E-state index contributed by atoms with van der Waals surface area (Å²) in [5.74, 6) is 5.71. The van der Waals surface area contributed by atoms with Crippen molar-refractivity contribution in [2.75, 3.05) is 0 Å². The molecule has 3 N–H and O–H groups in total. The average molecular weight is 292 g/mol. The lowest BCUT2D eigenvalue weighted by molar-refractivity contribution is 0.440. The summed E-state index contributed by atoms with van der Waals surface area (Å²) in [7, 11) is 0. The van der Waals surface area contributed by atoms with Crippen LogP contribution in [-0.4, -0.2) is 15.8 Å². The topological polar surface area (TPSA) is 55.9 Å². The molecule has 0 spiro atoms.